The van der Waals surface area contributed by atoms with Crippen LogP contribution in [0.3, 0.4) is 0 Å². The summed E-state index contributed by atoms with van der Waals surface area (Å²) >= 11 is 0. The van der Waals surface area contributed by atoms with Crippen LogP contribution in [-0.4, -0.2) is 18.0 Å². The van der Waals surface area contributed by atoms with E-state index in [4.69, 9.17) is 5.73 Å². The van der Waals surface area contributed by atoms with Crippen molar-refractivity contribution in [3.63, 3.8) is 0 Å². The van der Waals surface area contributed by atoms with E-state index in [2.05, 4.69) is 54.9 Å². The normalized spacial score (nSPS) is 28.5. The summed E-state index contributed by atoms with van der Waals surface area (Å²) in [5, 5.41) is 0. The molecule has 1 aromatic carbocycles. The number of guanidine groups is 1. The van der Waals surface area contributed by atoms with Crippen molar-refractivity contribution < 1.29 is 0 Å². The van der Waals surface area contributed by atoms with Crippen LogP contribution < -0.4 is 10.6 Å². The molecule has 0 saturated heterocycles. The van der Waals surface area contributed by atoms with E-state index in [-0.39, 0.29) is 5.54 Å². The van der Waals surface area contributed by atoms with E-state index in [0.717, 1.165) is 6.54 Å². The smallest absolute Gasteiger partial charge is 0.196 e. The Balaban J connectivity index is 1.93. The van der Waals surface area contributed by atoms with Crippen molar-refractivity contribution in [2.24, 2.45) is 16.1 Å². The highest BCUT2D eigenvalue weighted by molar-refractivity contribution is 5.98. The van der Waals surface area contributed by atoms with Crippen LogP contribution in [0.1, 0.15) is 51.5 Å². The molecular formula is C18H27N3. The lowest BCUT2D eigenvalue weighted by Gasteiger charge is -2.39. The van der Waals surface area contributed by atoms with Crippen molar-refractivity contribution in [1.29, 1.82) is 0 Å². The molecule has 1 aliphatic heterocycles. The molecule has 1 aliphatic carbocycles. The average Bonchev–Trinajstić information content (AvgIpc) is 2.66. The number of hydrogen-bond acceptors (Lipinski definition) is 3. The summed E-state index contributed by atoms with van der Waals surface area (Å²) in [4.78, 5) is 6.92. The van der Waals surface area contributed by atoms with E-state index >= 15 is 0 Å². The molecule has 1 saturated carbocycles. The van der Waals surface area contributed by atoms with E-state index in [9.17, 15) is 0 Å². The highest BCUT2D eigenvalue weighted by Crippen LogP contribution is 2.44. The fourth-order valence-electron chi connectivity index (χ4n) is 3.81. The lowest BCUT2D eigenvalue weighted by Crippen LogP contribution is -2.51. The lowest BCUT2D eigenvalue weighted by molar-refractivity contribution is 0.302. The van der Waals surface area contributed by atoms with E-state index in [1.165, 1.54) is 43.4 Å². The highest BCUT2D eigenvalue weighted by atomic mass is 15.4. The summed E-state index contributed by atoms with van der Waals surface area (Å²) in [7, 11) is 0. The zero-order valence-electron chi connectivity index (χ0n) is 13.5. The van der Waals surface area contributed by atoms with E-state index in [0.29, 0.717) is 11.4 Å². The van der Waals surface area contributed by atoms with Gasteiger partial charge in [-0.05, 0) is 50.2 Å². The van der Waals surface area contributed by atoms with Crippen LogP contribution in [0.2, 0.25) is 0 Å². The second-order valence-corrected chi connectivity index (χ2v) is 7.59. The summed E-state index contributed by atoms with van der Waals surface area (Å²) < 4.78 is 0. The number of anilines is 1. The molecule has 0 bridgehead atoms. The standard InChI is InChI=1S/C18H27N3/c1-14-5-7-15(8-6-14)21-16(19)20-13-18(21)10-4-9-17(2,3)11-12-18/h5-8H,4,9-13H2,1-3H3,(H2,19,20). The molecule has 0 amide bonds. The second kappa shape index (κ2) is 5.04. The zero-order chi connectivity index (χ0) is 15.1. The summed E-state index contributed by atoms with van der Waals surface area (Å²) in [6.45, 7) is 7.75. The third kappa shape index (κ3) is 2.66. The van der Waals surface area contributed by atoms with E-state index in [1.807, 2.05) is 0 Å². The van der Waals surface area contributed by atoms with Crippen LogP contribution in [0.4, 0.5) is 5.69 Å². The summed E-state index contributed by atoms with van der Waals surface area (Å²) in [5.74, 6) is 0.693. The first-order valence-corrected chi connectivity index (χ1v) is 8.09. The minimum Gasteiger partial charge on any atom is -0.369 e. The third-order valence-electron chi connectivity index (χ3n) is 5.29. The lowest BCUT2D eigenvalue weighted by atomic mass is 9.83. The van der Waals surface area contributed by atoms with Crippen molar-refractivity contribution in [3.8, 4) is 0 Å². The van der Waals surface area contributed by atoms with Gasteiger partial charge < -0.3 is 10.6 Å². The monoisotopic (exact) mass is 285 g/mol. The molecule has 3 heteroatoms. The van der Waals surface area contributed by atoms with Gasteiger partial charge in [-0.2, -0.15) is 0 Å². The number of nitrogens with two attached hydrogens (primary N) is 1. The van der Waals surface area contributed by atoms with E-state index in [1.54, 1.807) is 0 Å². The molecule has 1 unspecified atom stereocenters. The van der Waals surface area contributed by atoms with Gasteiger partial charge in [-0.25, -0.2) is 0 Å². The predicted octanol–water partition coefficient (Wildman–Crippen LogP) is 3.86. The van der Waals surface area contributed by atoms with Crippen LogP contribution in [0.5, 0.6) is 0 Å². The van der Waals surface area contributed by atoms with Gasteiger partial charge in [0.15, 0.2) is 5.96 Å². The molecule has 0 aromatic heterocycles. The van der Waals surface area contributed by atoms with Gasteiger partial charge in [-0.3, -0.25) is 4.99 Å². The molecule has 114 valence electrons. The minimum atomic E-state index is 0.104. The predicted molar refractivity (Wildman–Crippen MR) is 89.7 cm³/mol. The molecule has 0 radical (unpaired) electrons. The molecular weight excluding hydrogens is 258 g/mol. The van der Waals surface area contributed by atoms with Crippen LogP contribution >= 0.6 is 0 Å². The maximum atomic E-state index is 6.25. The molecule has 2 aliphatic rings. The van der Waals surface area contributed by atoms with Gasteiger partial charge in [0.2, 0.25) is 0 Å². The number of nitrogens with zero attached hydrogens (tertiary/aromatic N) is 2. The summed E-state index contributed by atoms with van der Waals surface area (Å²) in [6, 6.07) is 8.69. The van der Waals surface area contributed by atoms with Crippen LogP contribution in [-0.2, 0) is 0 Å². The van der Waals surface area contributed by atoms with Crippen molar-refractivity contribution in [3.05, 3.63) is 29.8 Å². The Bertz CT molecular complexity index is 544. The fraction of sp³-hybridized carbons (Fsp3) is 0.611. The SMILES string of the molecule is Cc1ccc(N2C(N)=NCC23CCCC(C)(C)CC3)cc1. The van der Waals surface area contributed by atoms with Crippen molar-refractivity contribution in [2.75, 3.05) is 11.4 Å². The molecule has 3 nitrogen and oxygen atoms in total. The van der Waals surface area contributed by atoms with Crippen molar-refractivity contribution >= 4 is 11.6 Å². The molecule has 1 fully saturated rings. The number of hydrogen-bond donors (Lipinski definition) is 1. The van der Waals surface area contributed by atoms with Gasteiger partial charge in [-0.15, -0.1) is 0 Å². The number of aryl methyl sites for hydroxylation is 1. The molecule has 3 rings (SSSR count). The summed E-state index contributed by atoms with van der Waals surface area (Å²) in [6.07, 6.45) is 6.18. The largest absolute Gasteiger partial charge is 0.369 e. The van der Waals surface area contributed by atoms with Crippen LogP contribution in [0, 0.1) is 12.3 Å². The van der Waals surface area contributed by atoms with Gasteiger partial charge in [0.25, 0.3) is 0 Å². The fourth-order valence-corrected chi connectivity index (χ4v) is 3.81. The van der Waals surface area contributed by atoms with Crippen molar-refractivity contribution in [2.45, 2.75) is 58.4 Å². The average molecular weight is 285 g/mol. The Morgan fingerprint density at radius 2 is 1.76 bits per heavy atom. The van der Waals surface area contributed by atoms with Gasteiger partial charge in [0, 0.05) is 5.69 Å². The Morgan fingerprint density at radius 3 is 2.48 bits per heavy atom. The van der Waals surface area contributed by atoms with Crippen molar-refractivity contribution in [1.82, 2.24) is 0 Å². The number of rotatable bonds is 1. The molecule has 2 N–H and O–H groups in total. The van der Waals surface area contributed by atoms with Crippen LogP contribution in [0.25, 0.3) is 0 Å². The van der Waals surface area contributed by atoms with Gasteiger partial charge >= 0.3 is 0 Å². The van der Waals surface area contributed by atoms with Gasteiger partial charge in [-0.1, -0.05) is 38.0 Å². The Hall–Kier alpha value is -1.51. The Morgan fingerprint density at radius 1 is 1.05 bits per heavy atom. The Kier molecular flexibility index (Phi) is 3.46. The molecule has 1 aromatic rings. The number of benzene rings is 1. The first kappa shape index (κ1) is 14.4. The molecule has 1 atom stereocenters. The molecule has 1 heterocycles. The summed E-state index contributed by atoms with van der Waals surface area (Å²) in [5.41, 5.74) is 9.27. The zero-order valence-corrected chi connectivity index (χ0v) is 13.5. The maximum Gasteiger partial charge on any atom is 0.196 e. The Labute approximate surface area is 128 Å². The van der Waals surface area contributed by atoms with Gasteiger partial charge in [0.1, 0.15) is 0 Å². The topological polar surface area (TPSA) is 41.6 Å². The molecule has 1 spiro atoms. The number of aliphatic imine (C=N–C) groups is 1. The van der Waals surface area contributed by atoms with Crippen LogP contribution in [0.15, 0.2) is 29.3 Å². The quantitative estimate of drug-likeness (QED) is 0.851. The van der Waals surface area contributed by atoms with Gasteiger partial charge in [0.05, 0.1) is 12.1 Å². The second-order valence-electron chi connectivity index (χ2n) is 7.59. The first-order chi connectivity index (χ1) is 9.92. The van der Waals surface area contributed by atoms with E-state index < -0.39 is 0 Å². The molecule has 21 heavy (non-hydrogen) atoms. The highest BCUT2D eigenvalue weighted by Gasteiger charge is 2.45. The minimum absolute atomic E-state index is 0.104. The first-order valence-electron chi connectivity index (χ1n) is 8.09. The maximum absolute atomic E-state index is 6.25. The third-order valence-corrected chi connectivity index (χ3v) is 5.29.